The van der Waals surface area contributed by atoms with Crippen LogP contribution in [0.5, 0.6) is 0 Å². The standard InChI is InChI=1S/C13H19Cl2NO2/c1-3-18-8-9(2)16-7-13(17)10-4-11(14)6-12(15)5-10/h4-6,9,13,16-17H,3,7-8H2,1-2H3/t9-,13-/m1/s1. The SMILES string of the molecule is CCOC[C@@H](C)NC[C@@H](O)c1cc(Cl)cc(Cl)c1. The van der Waals surface area contributed by atoms with Gasteiger partial charge in [0.2, 0.25) is 0 Å². The van der Waals surface area contributed by atoms with Crippen LogP contribution in [-0.2, 0) is 4.74 Å². The number of nitrogens with one attached hydrogen (secondary N) is 1. The fraction of sp³-hybridized carbons (Fsp3) is 0.538. The molecule has 0 amide bonds. The van der Waals surface area contributed by atoms with E-state index in [-0.39, 0.29) is 6.04 Å². The molecule has 102 valence electrons. The molecule has 0 bridgehead atoms. The lowest BCUT2D eigenvalue weighted by molar-refractivity contribution is 0.116. The van der Waals surface area contributed by atoms with Gasteiger partial charge < -0.3 is 15.2 Å². The maximum atomic E-state index is 10.0. The lowest BCUT2D eigenvalue weighted by Crippen LogP contribution is -2.33. The zero-order valence-corrected chi connectivity index (χ0v) is 12.1. The smallest absolute Gasteiger partial charge is 0.0915 e. The number of halogens is 2. The number of aliphatic hydroxyl groups excluding tert-OH is 1. The molecule has 0 aliphatic carbocycles. The minimum absolute atomic E-state index is 0.189. The summed E-state index contributed by atoms with van der Waals surface area (Å²) in [6.07, 6.45) is -0.634. The summed E-state index contributed by atoms with van der Waals surface area (Å²) in [4.78, 5) is 0. The van der Waals surface area contributed by atoms with Crippen LogP contribution in [0.15, 0.2) is 18.2 Å². The Morgan fingerprint density at radius 2 is 1.89 bits per heavy atom. The lowest BCUT2D eigenvalue weighted by Gasteiger charge is -2.17. The normalized spacial score (nSPS) is 14.5. The highest BCUT2D eigenvalue weighted by molar-refractivity contribution is 6.34. The van der Waals surface area contributed by atoms with Crippen LogP contribution in [0.4, 0.5) is 0 Å². The van der Waals surface area contributed by atoms with Crippen LogP contribution in [0.25, 0.3) is 0 Å². The van der Waals surface area contributed by atoms with Crippen molar-refractivity contribution in [2.24, 2.45) is 0 Å². The van der Waals surface area contributed by atoms with Gasteiger partial charge in [-0.05, 0) is 37.6 Å². The first kappa shape index (κ1) is 15.7. The van der Waals surface area contributed by atoms with Crippen LogP contribution < -0.4 is 5.32 Å². The van der Waals surface area contributed by atoms with Crippen LogP contribution in [0.2, 0.25) is 10.0 Å². The maximum absolute atomic E-state index is 10.0. The van der Waals surface area contributed by atoms with E-state index in [0.717, 1.165) is 0 Å². The Kier molecular flexibility index (Phi) is 6.97. The molecule has 0 radical (unpaired) electrons. The summed E-state index contributed by atoms with van der Waals surface area (Å²) in [5.41, 5.74) is 0.712. The van der Waals surface area contributed by atoms with Crippen molar-refractivity contribution in [2.45, 2.75) is 26.0 Å². The summed E-state index contributed by atoms with van der Waals surface area (Å²) < 4.78 is 5.29. The first-order valence-electron chi connectivity index (χ1n) is 5.98. The van der Waals surface area contributed by atoms with Gasteiger partial charge in [0.05, 0.1) is 12.7 Å². The summed E-state index contributed by atoms with van der Waals surface area (Å²) in [5, 5.41) is 14.3. The van der Waals surface area contributed by atoms with Gasteiger partial charge in [-0.25, -0.2) is 0 Å². The molecule has 3 nitrogen and oxygen atoms in total. The van der Waals surface area contributed by atoms with Gasteiger partial charge in [-0.2, -0.15) is 0 Å². The van der Waals surface area contributed by atoms with E-state index in [0.29, 0.717) is 35.4 Å². The van der Waals surface area contributed by atoms with Crippen LogP contribution in [0, 0.1) is 0 Å². The average Bonchev–Trinajstić information content (AvgIpc) is 2.32. The first-order valence-corrected chi connectivity index (χ1v) is 6.73. The predicted octanol–water partition coefficient (Wildman–Crippen LogP) is 3.04. The largest absolute Gasteiger partial charge is 0.387 e. The molecule has 1 rings (SSSR count). The second-order valence-corrected chi connectivity index (χ2v) is 5.06. The molecule has 0 heterocycles. The van der Waals surface area contributed by atoms with E-state index in [4.69, 9.17) is 27.9 Å². The van der Waals surface area contributed by atoms with Crippen LogP contribution in [0.1, 0.15) is 25.5 Å². The third-order valence-corrected chi connectivity index (χ3v) is 2.94. The zero-order valence-electron chi connectivity index (χ0n) is 10.6. The summed E-state index contributed by atoms with van der Waals surface area (Å²) >= 11 is 11.8. The van der Waals surface area contributed by atoms with E-state index in [2.05, 4.69) is 5.32 Å². The van der Waals surface area contributed by atoms with Crippen molar-refractivity contribution in [2.75, 3.05) is 19.8 Å². The van der Waals surface area contributed by atoms with Crippen LogP contribution in [0.3, 0.4) is 0 Å². The predicted molar refractivity (Wildman–Crippen MR) is 75.4 cm³/mol. The van der Waals surface area contributed by atoms with Crippen molar-refractivity contribution in [1.29, 1.82) is 0 Å². The molecule has 0 unspecified atom stereocenters. The molecule has 0 aliphatic heterocycles. The van der Waals surface area contributed by atoms with Crippen LogP contribution >= 0.6 is 23.2 Å². The molecule has 2 atom stereocenters. The maximum Gasteiger partial charge on any atom is 0.0915 e. The summed E-state index contributed by atoms with van der Waals surface area (Å²) in [6, 6.07) is 5.26. The molecule has 0 spiro atoms. The Bertz CT molecular complexity index is 354. The molecule has 18 heavy (non-hydrogen) atoms. The van der Waals surface area contributed by atoms with Gasteiger partial charge in [0.15, 0.2) is 0 Å². The van der Waals surface area contributed by atoms with Crippen molar-refractivity contribution in [3.63, 3.8) is 0 Å². The van der Waals surface area contributed by atoms with Gasteiger partial charge in [-0.3, -0.25) is 0 Å². The molecule has 5 heteroatoms. The second-order valence-electron chi connectivity index (χ2n) is 4.19. The average molecular weight is 292 g/mol. The number of aliphatic hydroxyl groups is 1. The van der Waals surface area contributed by atoms with Gasteiger partial charge >= 0.3 is 0 Å². The summed E-state index contributed by atoms with van der Waals surface area (Å²) in [7, 11) is 0. The number of hydrogen-bond donors (Lipinski definition) is 2. The van der Waals surface area contributed by atoms with E-state index >= 15 is 0 Å². The van der Waals surface area contributed by atoms with E-state index < -0.39 is 6.10 Å². The highest BCUT2D eigenvalue weighted by atomic mass is 35.5. The highest BCUT2D eigenvalue weighted by Crippen LogP contribution is 2.23. The monoisotopic (exact) mass is 291 g/mol. The molecule has 1 aromatic carbocycles. The van der Waals surface area contributed by atoms with E-state index in [1.807, 2.05) is 13.8 Å². The Morgan fingerprint density at radius 3 is 2.44 bits per heavy atom. The fourth-order valence-corrected chi connectivity index (χ4v) is 2.09. The topological polar surface area (TPSA) is 41.5 Å². The summed E-state index contributed by atoms with van der Waals surface area (Å²) in [5.74, 6) is 0. The van der Waals surface area contributed by atoms with Crippen molar-refractivity contribution in [3.05, 3.63) is 33.8 Å². The fourth-order valence-electron chi connectivity index (χ4n) is 1.55. The van der Waals surface area contributed by atoms with Crippen LogP contribution in [-0.4, -0.2) is 30.9 Å². The molecule has 0 fully saturated rings. The lowest BCUT2D eigenvalue weighted by atomic mass is 10.1. The molecule has 0 aliphatic rings. The van der Waals surface area contributed by atoms with E-state index in [1.54, 1.807) is 18.2 Å². The number of rotatable bonds is 7. The van der Waals surface area contributed by atoms with Crippen molar-refractivity contribution < 1.29 is 9.84 Å². The highest BCUT2D eigenvalue weighted by Gasteiger charge is 2.11. The minimum Gasteiger partial charge on any atom is -0.387 e. The molecule has 0 saturated carbocycles. The number of benzene rings is 1. The zero-order chi connectivity index (χ0) is 13.5. The third kappa shape index (κ3) is 5.55. The van der Waals surface area contributed by atoms with Gasteiger partial charge in [0.25, 0.3) is 0 Å². The van der Waals surface area contributed by atoms with E-state index in [9.17, 15) is 5.11 Å². The van der Waals surface area contributed by atoms with Gasteiger partial charge in [-0.1, -0.05) is 23.2 Å². The van der Waals surface area contributed by atoms with Gasteiger partial charge in [-0.15, -0.1) is 0 Å². The van der Waals surface area contributed by atoms with Gasteiger partial charge in [0, 0.05) is 29.2 Å². The Morgan fingerprint density at radius 1 is 1.28 bits per heavy atom. The first-order chi connectivity index (χ1) is 8.52. The quantitative estimate of drug-likeness (QED) is 0.811. The van der Waals surface area contributed by atoms with Crippen molar-refractivity contribution in [3.8, 4) is 0 Å². The molecule has 2 N–H and O–H groups in total. The second kappa shape index (κ2) is 7.97. The van der Waals surface area contributed by atoms with Gasteiger partial charge in [0.1, 0.15) is 0 Å². The van der Waals surface area contributed by atoms with Crippen molar-refractivity contribution in [1.82, 2.24) is 5.32 Å². The Hall–Kier alpha value is -0.320. The number of hydrogen-bond acceptors (Lipinski definition) is 3. The third-order valence-electron chi connectivity index (χ3n) is 2.50. The minimum atomic E-state index is -0.634. The molecule has 0 saturated heterocycles. The molecule has 0 aromatic heterocycles. The number of ether oxygens (including phenoxy) is 1. The molecular weight excluding hydrogens is 273 g/mol. The Balaban J connectivity index is 2.47. The van der Waals surface area contributed by atoms with E-state index in [1.165, 1.54) is 0 Å². The van der Waals surface area contributed by atoms with Crippen molar-refractivity contribution >= 4 is 23.2 Å². The Labute approximate surface area is 118 Å². The molecular formula is C13H19Cl2NO2. The summed E-state index contributed by atoms with van der Waals surface area (Å²) in [6.45, 7) is 5.71. The molecule has 1 aromatic rings.